The molecule has 1 saturated heterocycles. The first-order chi connectivity index (χ1) is 12.2. The quantitative estimate of drug-likeness (QED) is 0.585. The zero-order valence-corrected chi connectivity index (χ0v) is 15.9. The van der Waals surface area contributed by atoms with E-state index in [1.807, 2.05) is 12.1 Å². The van der Waals surface area contributed by atoms with Crippen molar-refractivity contribution >= 4 is 29.2 Å². The van der Waals surface area contributed by atoms with E-state index in [0.717, 1.165) is 5.69 Å². The third-order valence-corrected chi connectivity index (χ3v) is 4.79. The summed E-state index contributed by atoms with van der Waals surface area (Å²) in [7, 11) is 0. The molecule has 0 radical (unpaired) electrons. The first-order valence-corrected chi connectivity index (χ1v) is 9.00. The molecule has 136 valence electrons. The predicted molar refractivity (Wildman–Crippen MR) is 103 cm³/mol. The van der Waals surface area contributed by atoms with Crippen LogP contribution in [0.3, 0.4) is 0 Å². The lowest BCUT2D eigenvalue weighted by Crippen LogP contribution is -2.27. The molecule has 4 nitrogen and oxygen atoms in total. The summed E-state index contributed by atoms with van der Waals surface area (Å²) in [4.78, 5) is 26.3. The van der Waals surface area contributed by atoms with Gasteiger partial charge in [0.05, 0.1) is 5.92 Å². The molecule has 0 unspecified atom stereocenters. The number of halogens is 1. The Morgan fingerprint density at radius 3 is 2.27 bits per heavy atom. The molecule has 0 spiro atoms. The molecule has 3 rings (SSSR count). The Hall–Kier alpha value is -2.33. The molecule has 5 heteroatoms. The van der Waals surface area contributed by atoms with Crippen LogP contribution >= 0.6 is 11.6 Å². The van der Waals surface area contributed by atoms with Gasteiger partial charge in [-0.15, -0.1) is 0 Å². The first kappa shape index (κ1) is 18.5. The van der Waals surface area contributed by atoms with Gasteiger partial charge in [-0.1, -0.05) is 44.5 Å². The number of carbonyl (C=O) groups is 2. The molecule has 26 heavy (non-hydrogen) atoms. The number of carbonyl (C=O) groups excluding carboxylic acids is 2. The normalized spacial score (nSPS) is 17.5. The van der Waals surface area contributed by atoms with Gasteiger partial charge in [-0.25, -0.2) is 0 Å². The SMILES string of the molecule is CC(C)(C)c1ccc(OC(=O)[C@@H]2CC(=O)N(c3ccc(Cl)cc3)C2)cc1. The Kier molecular flexibility index (Phi) is 5.05. The van der Waals surface area contributed by atoms with E-state index in [1.165, 1.54) is 5.56 Å². The van der Waals surface area contributed by atoms with Crippen LogP contribution in [-0.4, -0.2) is 18.4 Å². The van der Waals surface area contributed by atoms with E-state index in [2.05, 4.69) is 20.8 Å². The molecule has 1 heterocycles. The highest BCUT2D eigenvalue weighted by Gasteiger charge is 2.36. The average Bonchev–Trinajstić information content (AvgIpc) is 2.97. The van der Waals surface area contributed by atoms with Gasteiger partial charge in [-0.05, 0) is 47.4 Å². The van der Waals surface area contributed by atoms with Crippen LogP contribution in [0.15, 0.2) is 48.5 Å². The van der Waals surface area contributed by atoms with Crippen molar-refractivity contribution in [3.8, 4) is 5.75 Å². The van der Waals surface area contributed by atoms with Crippen molar-refractivity contribution in [2.75, 3.05) is 11.4 Å². The van der Waals surface area contributed by atoms with E-state index in [1.54, 1.807) is 41.3 Å². The first-order valence-electron chi connectivity index (χ1n) is 8.62. The summed E-state index contributed by atoms with van der Waals surface area (Å²) >= 11 is 5.89. The van der Waals surface area contributed by atoms with Gasteiger partial charge in [0.2, 0.25) is 5.91 Å². The molecule has 1 aliphatic rings. The highest BCUT2D eigenvalue weighted by Crippen LogP contribution is 2.28. The lowest BCUT2D eigenvalue weighted by atomic mass is 9.87. The molecule has 0 N–H and O–H groups in total. The standard InChI is InChI=1S/C21H22ClNO3/c1-21(2,3)15-4-10-18(11-5-15)26-20(25)14-12-19(24)23(13-14)17-8-6-16(22)7-9-17/h4-11,14H,12-13H2,1-3H3/t14-/m1/s1. The zero-order valence-electron chi connectivity index (χ0n) is 15.2. The van der Waals surface area contributed by atoms with Crippen LogP contribution in [0.25, 0.3) is 0 Å². The highest BCUT2D eigenvalue weighted by atomic mass is 35.5. The Labute approximate surface area is 158 Å². The fourth-order valence-electron chi connectivity index (χ4n) is 2.96. The van der Waals surface area contributed by atoms with Gasteiger partial charge in [-0.2, -0.15) is 0 Å². The van der Waals surface area contributed by atoms with Crippen LogP contribution in [0, 0.1) is 5.92 Å². The van der Waals surface area contributed by atoms with Gasteiger partial charge in [0.15, 0.2) is 0 Å². The minimum Gasteiger partial charge on any atom is -0.426 e. The molecule has 0 bridgehead atoms. The van der Waals surface area contributed by atoms with Gasteiger partial charge in [-0.3, -0.25) is 9.59 Å². The Balaban J connectivity index is 1.65. The second kappa shape index (κ2) is 7.12. The summed E-state index contributed by atoms with van der Waals surface area (Å²) in [5.74, 6) is -0.434. The van der Waals surface area contributed by atoms with E-state index in [9.17, 15) is 9.59 Å². The highest BCUT2D eigenvalue weighted by molar-refractivity contribution is 6.30. The van der Waals surface area contributed by atoms with E-state index < -0.39 is 5.92 Å². The molecule has 1 aliphatic heterocycles. The molecule has 0 aliphatic carbocycles. The van der Waals surface area contributed by atoms with Gasteiger partial charge in [0.1, 0.15) is 5.75 Å². The van der Waals surface area contributed by atoms with Gasteiger partial charge < -0.3 is 9.64 Å². The number of anilines is 1. The molecule has 2 aromatic rings. The van der Waals surface area contributed by atoms with Gasteiger partial charge >= 0.3 is 5.97 Å². The second-order valence-electron chi connectivity index (χ2n) is 7.58. The Morgan fingerprint density at radius 2 is 1.69 bits per heavy atom. The number of esters is 1. The molecule has 2 aromatic carbocycles. The number of hydrogen-bond donors (Lipinski definition) is 0. The van der Waals surface area contributed by atoms with Crippen molar-refractivity contribution in [2.45, 2.75) is 32.6 Å². The van der Waals surface area contributed by atoms with E-state index in [4.69, 9.17) is 16.3 Å². The van der Waals surface area contributed by atoms with E-state index >= 15 is 0 Å². The maximum Gasteiger partial charge on any atom is 0.316 e. The lowest BCUT2D eigenvalue weighted by molar-refractivity contribution is -0.139. The van der Waals surface area contributed by atoms with Crippen molar-refractivity contribution in [3.05, 3.63) is 59.1 Å². The largest absolute Gasteiger partial charge is 0.426 e. The molecular formula is C21H22ClNO3. The number of hydrogen-bond acceptors (Lipinski definition) is 3. The maximum absolute atomic E-state index is 12.5. The number of nitrogens with zero attached hydrogens (tertiary/aromatic N) is 1. The molecular weight excluding hydrogens is 350 g/mol. The molecule has 1 fully saturated rings. The van der Waals surface area contributed by atoms with Crippen molar-refractivity contribution in [1.82, 2.24) is 0 Å². The number of amides is 1. The third kappa shape index (κ3) is 4.07. The van der Waals surface area contributed by atoms with Gasteiger partial charge in [0.25, 0.3) is 0 Å². The lowest BCUT2D eigenvalue weighted by Gasteiger charge is -2.19. The van der Waals surface area contributed by atoms with E-state index in [0.29, 0.717) is 17.3 Å². The predicted octanol–water partition coefficient (Wildman–Crippen LogP) is 4.60. The summed E-state index contributed by atoms with van der Waals surface area (Å²) in [6.07, 6.45) is 0.154. The number of ether oxygens (including phenoxy) is 1. The Morgan fingerprint density at radius 1 is 1.08 bits per heavy atom. The minimum absolute atomic E-state index is 0.0412. The van der Waals surface area contributed by atoms with Crippen molar-refractivity contribution in [1.29, 1.82) is 0 Å². The minimum atomic E-state index is -0.472. The van der Waals surface area contributed by atoms with Gasteiger partial charge in [0, 0.05) is 23.7 Å². The van der Waals surface area contributed by atoms with Crippen molar-refractivity contribution in [2.24, 2.45) is 5.92 Å². The second-order valence-corrected chi connectivity index (χ2v) is 8.01. The van der Waals surface area contributed by atoms with Crippen LogP contribution in [0.1, 0.15) is 32.8 Å². The van der Waals surface area contributed by atoms with Crippen molar-refractivity contribution in [3.63, 3.8) is 0 Å². The number of rotatable bonds is 3. The number of benzene rings is 2. The topological polar surface area (TPSA) is 46.6 Å². The fraction of sp³-hybridized carbons (Fsp3) is 0.333. The molecule has 1 atom stereocenters. The summed E-state index contributed by atoms with van der Waals surface area (Å²) in [5, 5.41) is 0.607. The summed E-state index contributed by atoms with van der Waals surface area (Å²) in [5.41, 5.74) is 1.95. The van der Waals surface area contributed by atoms with Crippen LogP contribution in [-0.2, 0) is 15.0 Å². The zero-order chi connectivity index (χ0) is 18.9. The molecule has 0 saturated carbocycles. The fourth-order valence-corrected chi connectivity index (χ4v) is 3.08. The van der Waals surface area contributed by atoms with Crippen LogP contribution < -0.4 is 9.64 Å². The van der Waals surface area contributed by atoms with E-state index in [-0.39, 0.29) is 23.7 Å². The average molecular weight is 372 g/mol. The Bertz CT molecular complexity index is 807. The maximum atomic E-state index is 12.5. The summed E-state index contributed by atoms with van der Waals surface area (Å²) in [6.45, 7) is 6.70. The smallest absolute Gasteiger partial charge is 0.316 e. The van der Waals surface area contributed by atoms with Crippen LogP contribution in [0.2, 0.25) is 5.02 Å². The molecule has 1 amide bonds. The molecule has 0 aromatic heterocycles. The summed E-state index contributed by atoms with van der Waals surface area (Å²) in [6, 6.07) is 14.5. The monoisotopic (exact) mass is 371 g/mol. The summed E-state index contributed by atoms with van der Waals surface area (Å²) < 4.78 is 5.48. The van der Waals surface area contributed by atoms with Crippen LogP contribution in [0.5, 0.6) is 5.75 Å². The van der Waals surface area contributed by atoms with Crippen LogP contribution in [0.4, 0.5) is 5.69 Å². The third-order valence-electron chi connectivity index (χ3n) is 4.54. The van der Waals surface area contributed by atoms with Crippen molar-refractivity contribution < 1.29 is 14.3 Å².